The number of benzene rings is 1. The Hall–Kier alpha value is -2.95. The molecule has 2 amide bonds. The number of nitrogens with one attached hydrogen (secondary N) is 2. The number of thiophene rings is 1. The van der Waals surface area contributed by atoms with Crippen LogP contribution in [0.25, 0.3) is 11.1 Å². The molecule has 36 heavy (non-hydrogen) atoms. The molecule has 1 aromatic carbocycles. The Labute approximate surface area is 214 Å². The molecule has 0 radical (unpaired) electrons. The van der Waals surface area contributed by atoms with Crippen LogP contribution >= 0.6 is 11.3 Å². The number of fused-ring (bicyclic) bond motifs is 3. The molecule has 1 saturated heterocycles. The lowest BCUT2D eigenvalue weighted by atomic mass is 9.96. The Balaban J connectivity index is 1.28. The third-order valence-corrected chi connectivity index (χ3v) is 10.6. The molecule has 3 aromatic rings. The smallest absolute Gasteiger partial charge is 0.333 e. The molecular weight excluding hydrogens is 496 g/mol. The zero-order valence-corrected chi connectivity index (χ0v) is 21.7. The summed E-state index contributed by atoms with van der Waals surface area (Å²) in [6.07, 6.45) is 6.52. The number of urea groups is 1. The molecule has 8 nitrogen and oxygen atoms in total. The number of methoxy groups -OCH3 is 1. The molecule has 2 bridgehead atoms. The van der Waals surface area contributed by atoms with Crippen LogP contribution in [0.3, 0.4) is 0 Å². The number of amides is 2. The van der Waals surface area contributed by atoms with Crippen LogP contribution in [0.1, 0.15) is 46.7 Å². The molecule has 10 heteroatoms. The number of sulfonamides is 1. The Kier molecular flexibility index (Phi) is 5.97. The lowest BCUT2D eigenvalue weighted by molar-refractivity contribution is 0.221. The summed E-state index contributed by atoms with van der Waals surface area (Å²) in [4.78, 5) is 20.8. The second-order valence-electron chi connectivity index (χ2n) is 9.63. The number of ether oxygens (including phenoxy) is 1. The van der Waals surface area contributed by atoms with Gasteiger partial charge in [-0.15, -0.1) is 11.3 Å². The quantitative estimate of drug-likeness (QED) is 0.509. The van der Waals surface area contributed by atoms with Gasteiger partial charge >= 0.3 is 6.03 Å². The molecule has 1 aliphatic carbocycles. The molecule has 0 unspecified atom stereocenters. The number of pyridine rings is 1. The van der Waals surface area contributed by atoms with Crippen LogP contribution in [0.15, 0.2) is 40.7 Å². The number of carbonyl (C=O) groups excluding carboxylic acids is 1. The SMILES string of the molecule is COc1cc(-c2ccc3c(c2NC(=O)NS(=O)(=O)c2cc4c(s2)C2CCN(CC2)C4)CCC3)ccn1. The number of rotatable bonds is 5. The third kappa shape index (κ3) is 4.27. The number of hydrogen-bond acceptors (Lipinski definition) is 7. The van der Waals surface area contributed by atoms with Crippen LogP contribution in [-0.2, 0) is 29.4 Å². The standard InChI is InChI=1S/C26H28N4O4S2/c1-34-22-13-18(7-10-27-22)21-6-5-16-3-2-4-20(16)24(21)28-26(31)29-36(32,33)23-14-19-15-30-11-8-17(9-12-30)25(19)35-23/h5-7,10,13-14,17H,2-4,8-9,11-12,15H2,1H3,(H2,28,29,31). The van der Waals surface area contributed by atoms with Crippen molar-refractivity contribution < 1.29 is 17.9 Å². The molecule has 0 spiro atoms. The van der Waals surface area contributed by atoms with E-state index in [-0.39, 0.29) is 4.21 Å². The first-order valence-electron chi connectivity index (χ1n) is 12.3. The average molecular weight is 525 g/mol. The predicted octanol–water partition coefficient (Wildman–Crippen LogP) is 4.51. The lowest BCUT2D eigenvalue weighted by Gasteiger charge is -2.26. The van der Waals surface area contributed by atoms with E-state index in [1.54, 1.807) is 25.4 Å². The van der Waals surface area contributed by atoms with Crippen LogP contribution in [-0.4, -0.2) is 44.5 Å². The number of piperidine rings is 1. The van der Waals surface area contributed by atoms with Crippen molar-refractivity contribution in [2.24, 2.45) is 0 Å². The van der Waals surface area contributed by atoms with Crippen molar-refractivity contribution in [2.75, 3.05) is 25.5 Å². The van der Waals surface area contributed by atoms with E-state index in [2.05, 4.69) is 26.0 Å². The first kappa shape index (κ1) is 23.4. The molecule has 188 valence electrons. The van der Waals surface area contributed by atoms with E-state index in [9.17, 15) is 13.2 Å². The molecule has 0 saturated carbocycles. The Morgan fingerprint density at radius 3 is 2.78 bits per heavy atom. The number of hydrogen-bond donors (Lipinski definition) is 2. The van der Waals surface area contributed by atoms with Crippen molar-refractivity contribution in [3.8, 4) is 17.0 Å². The second-order valence-corrected chi connectivity index (χ2v) is 12.6. The van der Waals surface area contributed by atoms with Gasteiger partial charge in [-0.2, -0.15) is 0 Å². The monoisotopic (exact) mass is 524 g/mol. The minimum atomic E-state index is -4.00. The van der Waals surface area contributed by atoms with E-state index >= 15 is 0 Å². The molecule has 2 aromatic heterocycles. The summed E-state index contributed by atoms with van der Waals surface area (Å²) >= 11 is 1.31. The van der Waals surface area contributed by atoms with E-state index in [0.717, 1.165) is 78.9 Å². The zero-order valence-electron chi connectivity index (χ0n) is 20.0. The van der Waals surface area contributed by atoms with Gasteiger partial charge in [0.1, 0.15) is 4.21 Å². The van der Waals surface area contributed by atoms with Crippen LogP contribution in [0, 0.1) is 0 Å². The summed E-state index contributed by atoms with van der Waals surface area (Å²) in [5.74, 6) is 0.877. The maximum absolute atomic E-state index is 13.2. The van der Waals surface area contributed by atoms with E-state index in [0.29, 0.717) is 17.5 Å². The number of aromatic nitrogens is 1. The molecule has 2 N–H and O–H groups in total. The van der Waals surface area contributed by atoms with Crippen molar-refractivity contribution in [3.05, 3.63) is 58.1 Å². The van der Waals surface area contributed by atoms with Gasteiger partial charge < -0.3 is 10.1 Å². The lowest BCUT2D eigenvalue weighted by Crippen LogP contribution is -2.34. The maximum Gasteiger partial charge on any atom is 0.333 e. The van der Waals surface area contributed by atoms with Crippen LogP contribution in [0.5, 0.6) is 5.88 Å². The van der Waals surface area contributed by atoms with Crippen molar-refractivity contribution in [1.29, 1.82) is 0 Å². The second kappa shape index (κ2) is 9.17. The fourth-order valence-corrected chi connectivity index (χ4v) is 8.26. The average Bonchev–Trinajstić information content (AvgIpc) is 3.46. The van der Waals surface area contributed by atoms with E-state index in [1.807, 2.05) is 12.1 Å². The van der Waals surface area contributed by atoms with Crippen molar-refractivity contribution in [1.82, 2.24) is 14.6 Å². The number of aryl methyl sites for hydroxylation is 1. The molecule has 3 aliphatic heterocycles. The largest absolute Gasteiger partial charge is 0.481 e. The minimum Gasteiger partial charge on any atom is -0.481 e. The van der Waals surface area contributed by atoms with Gasteiger partial charge in [0.05, 0.1) is 12.8 Å². The fraction of sp³-hybridized carbons (Fsp3) is 0.385. The van der Waals surface area contributed by atoms with Gasteiger partial charge in [-0.1, -0.05) is 12.1 Å². The van der Waals surface area contributed by atoms with Gasteiger partial charge in [-0.05, 0) is 85.5 Å². The summed E-state index contributed by atoms with van der Waals surface area (Å²) in [7, 11) is -2.44. The molecule has 1 fully saturated rings. The van der Waals surface area contributed by atoms with Gasteiger partial charge in [0.2, 0.25) is 5.88 Å². The molecule has 5 heterocycles. The van der Waals surface area contributed by atoms with Crippen molar-refractivity contribution in [2.45, 2.75) is 48.8 Å². The highest BCUT2D eigenvalue weighted by atomic mass is 32.2. The van der Waals surface area contributed by atoms with Gasteiger partial charge in [0, 0.05) is 29.2 Å². The molecular formula is C26H28N4O4S2. The van der Waals surface area contributed by atoms with Gasteiger partial charge in [0.15, 0.2) is 0 Å². The van der Waals surface area contributed by atoms with Crippen molar-refractivity contribution in [3.63, 3.8) is 0 Å². The highest BCUT2D eigenvalue weighted by Crippen LogP contribution is 2.42. The van der Waals surface area contributed by atoms with Gasteiger partial charge in [-0.25, -0.2) is 22.9 Å². The minimum absolute atomic E-state index is 0.203. The summed E-state index contributed by atoms with van der Waals surface area (Å²) in [5, 5.41) is 2.88. The first-order chi connectivity index (χ1) is 17.4. The predicted molar refractivity (Wildman–Crippen MR) is 139 cm³/mol. The topological polar surface area (TPSA) is 101 Å². The first-order valence-corrected chi connectivity index (χ1v) is 14.5. The number of nitrogens with zero attached hydrogens (tertiary/aromatic N) is 2. The zero-order chi connectivity index (χ0) is 24.9. The number of carbonyl (C=O) groups is 1. The Morgan fingerprint density at radius 2 is 1.97 bits per heavy atom. The van der Waals surface area contributed by atoms with Crippen molar-refractivity contribution >= 4 is 33.1 Å². The maximum atomic E-state index is 13.2. The van der Waals surface area contributed by atoms with Crippen LogP contribution in [0.4, 0.5) is 10.5 Å². The highest BCUT2D eigenvalue weighted by molar-refractivity contribution is 7.92. The summed E-state index contributed by atoms with van der Waals surface area (Å²) in [6.45, 7) is 2.89. The number of anilines is 1. The van der Waals surface area contributed by atoms with E-state index < -0.39 is 16.1 Å². The van der Waals surface area contributed by atoms with Gasteiger partial charge in [-0.3, -0.25) is 4.90 Å². The van der Waals surface area contributed by atoms with Crippen LogP contribution in [0.2, 0.25) is 0 Å². The van der Waals surface area contributed by atoms with Crippen LogP contribution < -0.4 is 14.8 Å². The summed E-state index contributed by atoms with van der Waals surface area (Å²) < 4.78 is 34.2. The third-order valence-electron chi connectivity index (χ3n) is 7.44. The van der Waals surface area contributed by atoms with E-state index in [4.69, 9.17) is 4.74 Å². The molecule has 0 atom stereocenters. The summed E-state index contributed by atoms with van der Waals surface area (Å²) in [5.41, 5.74) is 5.57. The fourth-order valence-electron chi connectivity index (χ4n) is 5.66. The molecule has 4 aliphatic rings. The highest BCUT2D eigenvalue weighted by Gasteiger charge is 2.32. The Bertz CT molecular complexity index is 1440. The molecule has 7 rings (SSSR count). The summed E-state index contributed by atoms with van der Waals surface area (Å²) in [6, 6.07) is 8.68. The normalized spacial score (nSPS) is 20.4. The van der Waals surface area contributed by atoms with Gasteiger partial charge in [0.25, 0.3) is 10.0 Å². The van der Waals surface area contributed by atoms with E-state index in [1.165, 1.54) is 16.9 Å². The Morgan fingerprint density at radius 1 is 1.14 bits per heavy atom.